The minimum atomic E-state index is -0.311. The molecule has 4 nitrogen and oxygen atoms in total. The number of aromatic nitrogens is 2. The van der Waals surface area contributed by atoms with Crippen LogP contribution in [0.3, 0.4) is 0 Å². The number of ketones is 1. The lowest BCUT2D eigenvalue weighted by Gasteiger charge is -2.23. The fraction of sp³-hybridized carbons (Fsp3) is 0.348. The van der Waals surface area contributed by atoms with Gasteiger partial charge in [0.15, 0.2) is 0 Å². The Morgan fingerprint density at radius 2 is 2.21 bits per heavy atom. The molecule has 4 rings (SSSR count). The highest BCUT2D eigenvalue weighted by Gasteiger charge is 2.34. The van der Waals surface area contributed by atoms with E-state index in [-0.39, 0.29) is 23.6 Å². The van der Waals surface area contributed by atoms with E-state index in [1.165, 1.54) is 11.6 Å². The molecule has 0 bridgehead atoms. The zero-order valence-electron chi connectivity index (χ0n) is 16.2. The molecule has 1 aromatic heterocycles. The number of benzene rings is 1. The van der Waals surface area contributed by atoms with Crippen LogP contribution in [-0.2, 0) is 4.79 Å². The maximum Gasteiger partial charge on any atom is 0.138 e. The molecule has 5 heteroatoms. The van der Waals surface area contributed by atoms with Crippen LogP contribution in [0.15, 0.2) is 54.0 Å². The summed E-state index contributed by atoms with van der Waals surface area (Å²) in [6.07, 6.45) is 10.1. The largest absolute Gasteiger partial charge is 0.322 e. The molecule has 0 radical (unpaired) electrons. The Morgan fingerprint density at radius 1 is 1.39 bits per heavy atom. The predicted octanol–water partition coefficient (Wildman–Crippen LogP) is 5.26. The van der Waals surface area contributed by atoms with Gasteiger partial charge in [-0.05, 0) is 56.4 Å². The van der Waals surface area contributed by atoms with E-state index >= 15 is 0 Å². The molecule has 2 unspecified atom stereocenters. The van der Waals surface area contributed by atoms with Gasteiger partial charge in [0.2, 0.25) is 0 Å². The highest BCUT2D eigenvalue weighted by Crippen LogP contribution is 2.43. The summed E-state index contributed by atoms with van der Waals surface area (Å²) in [6.45, 7) is 3.78. The van der Waals surface area contributed by atoms with Gasteiger partial charge < -0.3 is 9.98 Å². The Labute approximate surface area is 164 Å². The number of carbonyl (C=O) groups is 1. The van der Waals surface area contributed by atoms with Gasteiger partial charge in [-0.25, -0.2) is 9.37 Å². The van der Waals surface area contributed by atoms with Crippen molar-refractivity contribution in [2.24, 2.45) is 5.92 Å². The third-order valence-corrected chi connectivity index (χ3v) is 5.86. The number of halogens is 1. The minimum absolute atomic E-state index is 0.0274. The van der Waals surface area contributed by atoms with E-state index in [4.69, 9.17) is 5.41 Å². The summed E-state index contributed by atoms with van der Waals surface area (Å²) in [6, 6.07) is 4.75. The zero-order chi connectivity index (χ0) is 19.8. The number of carbonyl (C=O) groups excluding carboxylic acids is 1. The normalized spacial score (nSPS) is 21.1. The standard InChI is InChI=1S/C23H24FN3O/c1-14(10-15(2)25)16-6-8-17(9-7-16)22(28)11-20-23-18(4-3-5-19(23)24)21-12-26-13-27(20)21/h3-6,10,12-13,17,20,25H,7-9,11H2,1-2H3/b14-10+,25-15?. The number of Topliss-reactive ketones (excluding diaryl/α,β-unsaturated/α-hetero) is 1. The highest BCUT2D eigenvalue weighted by molar-refractivity contribution is 5.91. The number of imidazole rings is 1. The molecule has 1 aliphatic heterocycles. The molecule has 1 N–H and O–H groups in total. The molecule has 144 valence electrons. The van der Waals surface area contributed by atoms with E-state index in [2.05, 4.69) is 11.1 Å². The van der Waals surface area contributed by atoms with Gasteiger partial charge in [0, 0.05) is 29.2 Å². The first-order valence-corrected chi connectivity index (χ1v) is 9.72. The minimum Gasteiger partial charge on any atom is -0.322 e. The monoisotopic (exact) mass is 377 g/mol. The number of rotatable bonds is 5. The van der Waals surface area contributed by atoms with Gasteiger partial charge in [-0.15, -0.1) is 0 Å². The van der Waals surface area contributed by atoms with E-state index in [9.17, 15) is 9.18 Å². The van der Waals surface area contributed by atoms with Gasteiger partial charge in [-0.3, -0.25) is 4.79 Å². The molecule has 1 aliphatic carbocycles. The van der Waals surface area contributed by atoms with Crippen LogP contribution < -0.4 is 0 Å². The fourth-order valence-corrected chi connectivity index (χ4v) is 4.46. The van der Waals surface area contributed by atoms with Gasteiger partial charge in [-0.2, -0.15) is 0 Å². The zero-order valence-corrected chi connectivity index (χ0v) is 16.2. The topological polar surface area (TPSA) is 58.7 Å². The molecule has 2 atom stereocenters. The maximum atomic E-state index is 14.5. The Hall–Kier alpha value is -2.82. The van der Waals surface area contributed by atoms with Crippen molar-refractivity contribution in [1.29, 1.82) is 5.41 Å². The van der Waals surface area contributed by atoms with Crippen molar-refractivity contribution < 1.29 is 9.18 Å². The van der Waals surface area contributed by atoms with Crippen LogP contribution in [0.2, 0.25) is 0 Å². The first kappa shape index (κ1) is 18.5. The second-order valence-electron chi connectivity index (χ2n) is 7.78. The quantitative estimate of drug-likeness (QED) is 0.722. The summed E-state index contributed by atoms with van der Waals surface area (Å²) in [7, 11) is 0. The smallest absolute Gasteiger partial charge is 0.138 e. The molecule has 28 heavy (non-hydrogen) atoms. The molecule has 2 aliphatic rings. The van der Waals surface area contributed by atoms with Crippen molar-refractivity contribution in [3.8, 4) is 11.3 Å². The van der Waals surface area contributed by atoms with E-state index in [1.807, 2.05) is 23.6 Å². The molecule has 2 aromatic rings. The lowest BCUT2D eigenvalue weighted by Crippen LogP contribution is -2.21. The molecule has 0 fully saturated rings. The summed E-state index contributed by atoms with van der Waals surface area (Å²) in [4.78, 5) is 17.2. The first-order valence-electron chi connectivity index (χ1n) is 9.72. The summed E-state index contributed by atoms with van der Waals surface area (Å²) in [5, 5.41) is 7.60. The third kappa shape index (κ3) is 3.26. The molecule has 0 spiro atoms. The van der Waals surface area contributed by atoms with Crippen LogP contribution in [0, 0.1) is 17.1 Å². The van der Waals surface area contributed by atoms with Crippen LogP contribution in [0.4, 0.5) is 4.39 Å². The number of fused-ring (bicyclic) bond motifs is 3. The summed E-state index contributed by atoms with van der Waals surface area (Å²) >= 11 is 0. The van der Waals surface area contributed by atoms with Crippen molar-refractivity contribution >= 4 is 11.5 Å². The lowest BCUT2D eigenvalue weighted by molar-refractivity contribution is -0.123. The van der Waals surface area contributed by atoms with Crippen molar-refractivity contribution in [2.75, 3.05) is 0 Å². The molecule has 2 heterocycles. The van der Waals surface area contributed by atoms with Crippen LogP contribution >= 0.6 is 0 Å². The fourth-order valence-electron chi connectivity index (χ4n) is 4.46. The number of allylic oxidation sites excluding steroid dienone is 4. The third-order valence-electron chi connectivity index (χ3n) is 5.86. The number of nitrogens with zero attached hydrogens (tertiary/aromatic N) is 2. The van der Waals surface area contributed by atoms with E-state index in [0.29, 0.717) is 24.1 Å². The van der Waals surface area contributed by atoms with Gasteiger partial charge in [0.05, 0.1) is 24.3 Å². The lowest BCUT2D eigenvalue weighted by atomic mass is 9.82. The molecule has 0 amide bonds. The van der Waals surface area contributed by atoms with E-state index in [0.717, 1.165) is 29.7 Å². The number of nitrogens with one attached hydrogen (secondary N) is 1. The molecular weight excluding hydrogens is 353 g/mol. The maximum absolute atomic E-state index is 14.5. The average Bonchev–Trinajstić information content (AvgIpc) is 3.25. The number of hydrogen-bond donors (Lipinski definition) is 1. The van der Waals surface area contributed by atoms with Gasteiger partial charge in [0.1, 0.15) is 11.6 Å². The molecule has 0 saturated carbocycles. The predicted molar refractivity (Wildman–Crippen MR) is 108 cm³/mol. The average molecular weight is 377 g/mol. The summed E-state index contributed by atoms with van der Waals surface area (Å²) in [5.41, 5.74) is 5.19. The Bertz CT molecular complexity index is 1010. The summed E-state index contributed by atoms with van der Waals surface area (Å²) < 4.78 is 16.5. The highest BCUT2D eigenvalue weighted by atomic mass is 19.1. The van der Waals surface area contributed by atoms with Gasteiger partial charge in [-0.1, -0.05) is 18.2 Å². The molecular formula is C23H24FN3O. The van der Waals surface area contributed by atoms with Crippen molar-refractivity contribution in [1.82, 2.24) is 9.55 Å². The van der Waals surface area contributed by atoms with Crippen LogP contribution in [0.1, 0.15) is 51.1 Å². The molecule has 1 aromatic carbocycles. The van der Waals surface area contributed by atoms with Gasteiger partial charge >= 0.3 is 0 Å². The number of hydrogen-bond acceptors (Lipinski definition) is 3. The summed E-state index contributed by atoms with van der Waals surface area (Å²) in [5.74, 6) is -0.103. The first-order chi connectivity index (χ1) is 13.5. The Balaban J connectivity index is 1.52. The van der Waals surface area contributed by atoms with Crippen LogP contribution in [-0.4, -0.2) is 21.0 Å². The van der Waals surface area contributed by atoms with Crippen molar-refractivity contribution in [3.05, 3.63) is 65.4 Å². The van der Waals surface area contributed by atoms with E-state index < -0.39 is 0 Å². The second kappa shape index (κ2) is 7.30. The van der Waals surface area contributed by atoms with Crippen molar-refractivity contribution in [3.63, 3.8) is 0 Å². The van der Waals surface area contributed by atoms with E-state index in [1.54, 1.807) is 25.5 Å². The van der Waals surface area contributed by atoms with Gasteiger partial charge in [0.25, 0.3) is 0 Å². The van der Waals surface area contributed by atoms with Crippen LogP contribution in [0.5, 0.6) is 0 Å². The Kier molecular flexibility index (Phi) is 4.84. The second-order valence-corrected chi connectivity index (χ2v) is 7.78. The van der Waals surface area contributed by atoms with Crippen LogP contribution in [0.25, 0.3) is 11.3 Å². The Morgan fingerprint density at radius 3 is 2.93 bits per heavy atom. The van der Waals surface area contributed by atoms with Crippen molar-refractivity contribution in [2.45, 2.75) is 45.6 Å². The SMILES string of the molecule is CC(=N)/C=C(\C)C1=CCC(C(=O)CC2c3c(F)cccc3-c3cncn32)CC1. The molecule has 0 saturated heterocycles.